The van der Waals surface area contributed by atoms with E-state index in [2.05, 4.69) is 5.32 Å². The monoisotopic (exact) mass is 306 g/mol. The molecule has 7 heteroatoms. The Bertz CT molecular complexity index is 334. The molecule has 1 amide bonds. The minimum Gasteiger partial charge on any atom is -0.444 e. The van der Waals surface area contributed by atoms with Gasteiger partial charge in [-0.2, -0.15) is 0 Å². The molecule has 0 aromatic rings. The van der Waals surface area contributed by atoms with E-state index >= 15 is 0 Å². The maximum absolute atomic E-state index is 11.3. The van der Waals surface area contributed by atoms with E-state index in [0.717, 1.165) is 25.7 Å². The van der Waals surface area contributed by atoms with Crippen LogP contribution in [0.4, 0.5) is 4.79 Å². The SMILES string of the molecule is CC(C)(C)OC(=O)N1CC(C=O)C1.Cl.O=CC1CNC1. The van der Waals surface area contributed by atoms with E-state index in [9.17, 15) is 14.4 Å². The van der Waals surface area contributed by atoms with Crippen LogP contribution in [0, 0.1) is 11.8 Å². The highest BCUT2D eigenvalue weighted by Crippen LogP contribution is 2.17. The molecule has 0 atom stereocenters. The first-order valence-electron chi connectivity index (χ1n) is 6.45. The summed E-state index contributed by atoms with van der Waals surface area (Å²) >= 11 is 0. The Labute approximate surface area is 125 Å². The zero-order valence-corrected chi connectivity index (χ0v) is 12.9. The molecule has 116 valence electrons. The lowest BCUT2D eigenvalue weighted by Gasteiger charge is -2.36. The zero-order valence-electron chi connectivity index (χ0n) is 12.1. The summed E-state index contributed by atoms with van der Waals surface area (Å²) in [6.07, 6.45) is 1.54. The Morgan fingerprint density at radius 2 is 1.65 bits per heavy atom. The van der Waals surface area contributed by atoms with Gasteiger partial charge in [0.15, 0.2) is 0 Å². The lowest BCUT2D eigenvalue weighted by molar-refractivity contribution is -0.115. The topological polar surface area (TPSA) is 75.7 Å². The number of nitrogens with zero attached hydrogens (tertiary/aromatic N) is 1. The molecule has 2 aliphatic heterocycles. The van der Waals surface area contributed by atoms with E-state index in [0.29, 0.717) is 19.0 Å². The first-order valence-corrected chi connectivity index (χ1v) is 6.45. The molecule has 0 saturated carbocycles. The maximum atomic E-state index is 11.3. The van der Waals surface area contributed by atoms with Gasteiger partial charge in [0.05, 0.1) is 5.92 Å². The van der Waals surface area contributed by atoms with Gasteiger partial charge in [0.1, 0.15) is 18.2 Å². The van der Waals surface area contributed by atoms with E-state index in [-0.39, 0.29) is 24.4 Å². The van der Waals surface area contributed by atoms with Gasteiger partial charge in [-0.1, -0.05) is 0 Å². The second kappa shape index (κ2) is 8.21. The Kier molecular flexibility index (Phi) is 7.75. The number of rotatable bonds is 2. The van der Waals surface area contributed by atoms with Crippen molar-refractivity contribution >= 4 is 31.1 Å². The van der Waals surface area contributed by atoms with Crippen LogP contribution in [-0.2, 0) is 14.3 Å². The molecule has 0 radical (unpaired) electrons. The molecule has 2 fully saturated rings. The minimum atomic E-state index is -0.455. The molecule has 0 bridgehead atoms. The Morgan fingerprint density at radius 1 is 1.15 bits per heavy atom. The average molecular weight is 307 g/mol. The van der Waals surface area contributed by atoms with Crippen LogP contribution in [0.3, 0.4) is 0 Å². The number of amides is 1. The van der Waals surface area contributed by atoms with Crippen LogP contribution >= 0.6 is 12.4 Å². The van der Waals surface area contributed by atoms with E-state index in [4.69, 9.17) is 4.74 Å². The number of halogens is 1. The number of ether oxygens (including phenoxy) is 1. The molecule has 0 unspecified atom stereocenters. The molecule has 0 aromatic heterocycles. The third-order valence-electron chi connectivity index (χ3n) is 2.76. The highest BCUT2D eigenvalue weighted by molar-refractivity contribution is 5.85. The molecule has 2 aliphatic rings. The molecule has 2 heterocycles. The number of nitrogens with one attached hydrogen (secondary N) is 1. The van der Waals surface area contributed by atoms with Crippen molar-refractivity contribution in [2.75, 3.05) is 26.2 Å². The largest absolute Gasteiger partial charge is 0.444 e. The van der Waals surface area contributed by atoms with Gasteiger partial charge in [-0.05, 0) is 20.8 Å². The Morgan fingerprint density at radius 3 is 1.90 bits per heavy atom. The second-order valence-corrected chi connectivity index (χ2v) is 5.84. The predicted molar refractivity (Wildman–Crippen MR) is 77.0 cm³/mol. The molecule has 1 N–H and O–H groups in total. The van der Waals surface area contributed by atoms with Crippen LogP contribution in [0.1, 0.15) is 20.8 Å². The molecule has 2 saturated heterocycles. The molecular weight excluding hydrogens is 284 g/mol. The van der Waals surface area contributed by atoms with Gasteiger partial charge in [0, 0.05) is 32.1 Å². The quantitative estimate of drug-likeness (QED) is 0.767. The summed E-state index contributed by atoms with van der Waals surface area (Å²) < 4.78 is 5.11. The summed E-state index contributed by atoms with van der Waals surface area (Å²) in [5, 5.41) is 2.98. The van der Waals surface area contributed by atoms with Crippen molar-refractivity contribution in [1.82, 2.24) is 10.2 Å². The van der Waals surface area contributed by atoms with Gasteiger partial charge in [0.25, 0.3) is 0 Å². The van der Waals surface area contributed by atoms with Gasteiger partial charge in [-0.15, -0.1) is 12.4 Å². The summed E-state index contributed by atoms with van der Waals surface area (Å²) in [7, 11) is 0. The average Bonchev–Trinajstić information content (AvgIpc) is 2.11. The third kappa shape index (κ3) is 6.34. The minimum absolute atomic E-state index is 0. The highest BCUT2D eigenvalue weighted by Gasteiger charge is 2.33. The van der Waals surface area contributed by atoms with Crippen molar-refractivity contribution in [2.24, 2.45) is 11.8 Å². The van der Waals surface area contributed by atoms with Crippen molar-refractivity contribution < 1.29 is 19.1 Å². The Hall–Kier alpha value is -1.14. The lowest BCUT2D eigenvalue weighted by Crippen LogP contribution is -2.52. The second-order valence-electron chi connectivity index (χ2n) is 5.84. The standard InChI is InChI=1S/C9H15NO3.C4H7NO.ClH/c1-9(2,3)13-8(12)10-4-7(5-10)6-11;6-3-4-1-5-2-4;/h6-7H,4-5H2,1-3H3;3-5H,1-2H2;1H. The maximum Gasteiger partial charge on any atom is 0.410 e. The molecule has 0 aromatic carbocycles. The number of hydrogen-bond acceptors (Lipinski definition) is 5. The predicted octanol–water partition coefficient (Wildman–Crippen LogP) is 0.879. The molecule has 2 rings (SSSR count). The normalized spacial score (nSPS) is 18.4. The summed E-state index contributed by atoms with van der Waals surface area (Å²) in [6, 6.07) is 0. The van der Waals surface area contributed by atoms with Crippen LogP contribution in [-0.4, -0.2) is 55.3 Å². The lowest BCUT2D eigenvalue weighted by atomic mass is 10.0. The summed E-state index contributed by atoms with van der Waals surface area (Å²) in [5.74, 6) is 0.331. The van der Waals surface area contributed by atoms with E-state index in [1.54, 1.807) is 0 Å². The van der Waals surface area contributed by atoms with Crippen molar-refractivity contribution in [3.05, 3.63) is 0 Å². The summed E-state index contributed by atoms with van der Waals surface area (Å²) in [4.78, 5) is 32.8. The number of hydrogen-bond donors (Lipinski definition) is 1. The van der Waals surface area contributed by atoms with Crippen LogP contribution in [0.25, 0.3) is 0 Å². The smallest absolute Gasteiger partial charge is 0.410 e. The number of carbonyl (C=O) groups excluding carboxylic acids is 3. The van der Waals surface area contributed by atoms with Crippen LogP contribution < -0.4 is 5.32 Å². The van der Waals surface area contributed by atoms with Gasteiger partial charge < -0.3 is 24.5 Å². The van der Waals surface area contributed by atoms with Crippen LogP contribution in [0.15, 0.2) is 0 Å². The molecule has 0 spiro atoms. The van der Waals surface area contributed by atoms with E-state index in [1.165, 1.54) is 4.90 Å². The number of carbonyl (C=O) groups is 3. The first kappa shape index (κ1) is 18.9. The number of likely N-dealkylation sites (tertiary alicyclic amines) is 1. The Balaban J connectivity index is 0.000000434. The molecular formula is C13H23ClN2O4. The third-order valence-corrected chi connectivity index (χ3v) is 2.76. The fourth-order valence-electron chi connectivity index (χ4n) is 1.48. The van der Waals surface area contributed by atoms with Crippen molar-refractivity contribution in [1.29, 1.82) is 0 Å². The van der Waals surface area contributed by atoms with Crippen molar-refractivity contribution in [3.63, 3.8) is 0 Å². The molecule has 6 nitrogen and oxygen atoms in total. The van der Waals surface area contributed by atoms with Crippen molar-refractivity contribution in [3.8, 4) is 0 Å². The van der Waals surface area contributed by atoms with Gasteiger partial charge >= 0.3 is 6.09 Å². The van der Waals surface area contributed by atoms with E-state index in [1.807, 2.05) is 20.8 Å². The summed E-state index contributed by atoms with van der Waals surface area (Å²) in [5.41, 5.74) is -0.455. The zero-order chi connectivity index (χ0) is 14.5. The first-order chi connectivity index (χ1) is 8.85. The number of aldehydes is 2. The molecule has 0 aliphatic carbocycles. The van der Waals surface area contributed by atoms with Crippen LogP contribution in [0.2, 0.25) is 0 Å². The van der Waals surface area contributed by atoms with Gasteiger partial charge in [-0.3, -0.25) is 0 Å². The fourth-order valence-corrected chi connectivity index (χ4v) is 1.48. The highest BCUT2D eigenvalue weighted by atomic mass is 35.5. The van der Waals surface area contributed by atoms with E-state index < -0.39 is 5.60 Å². The molecule has 20 heavy (non-hydrogen) atoms. The fraction of sp³-hybridized carbons (Fsp3) is 0.769. The van der Waals surface area contributed by atoms with Gasteiger partial charge in [-0.25, -0.2) is 4.79 Å². The summed E-state index contributed by atoms with van der Waals surface area (Å²) in [6.45, 7) is 8.25. The van der Waals surface area contributed by atoms with Crippen molar-refractivity contribution in [2.45, 2.75) is 26.4 Å². The van der Waals surface area contributed by atoms with Gasteiger partial charge in [0.2, 0.25) is 0 Å². The van der Waals surface area contributed by atoms with Crippen LogP contribution in [0.5, 0.6) is 0 Å².